The minimum Gasteiger partial charge on any atom is -0.508 e. The van der Waals surface area contributed by atoms with Crippen molar-refractivity contribution < 1.29 is 24.9 Å². The van der Waals surface area contributed by atoms with Gasteiger partial charge in [0.1, 0.15) is 5.75 Å². The summed E-state index contributed by atoms with van der Waals surface area (Å²) in [5, 5.41) is 29.5. The molecule has 4 N–H and O–H groups in total. The summed E-state index contributed by atoms with van der Waals surface area (Å²) < 4.78 is 0. The zero-order chi connectivity index (χ0) is 13.9. The number of hydrogen-bond acceptors (Lipinski definition) is 4. The predicted octanol–water partition coefficient (Wildman–Crippen LogP) is 0.609. The molecular weight excluding hydrogens is 262 g/mol. The molecular formula is C11H12ClNO5. The molecule has 1 amide bonds. The number of rotatable bonds is 4. The van der Waals surface area contributed by atoms with Gasteiger partial charge in [-0.05, 0) is 25.1 Å². The molecule has 98 valence electrons. The zero-order valence-corrected chi connectivity index (χ0v) is 10.2. The minimum absolute atomic E-state index is 0.0661. The standard InChI is InChI=1S/C11H12ClNO5/c1-5(14)9(11(17)18)13-10(16)7-4-6(15)2-3-8(7)12/h2-5,9,14-15H,1H3,(H,13,16)(H,17,18). The summed E-state index contributed by atoms with van der Waals surface area (Å²) in [6, 6.07) is 2.27. The van der Waals surface area contributed by atoms with Gasteiger partial charge in [-0.15, -0.1) is 0 Å². The maximum Gasteiger partial charge on any atom is 0.328 e. The van der Waals surface area contributed by atoms with Gasteiger partial charge < -0.3 is 20.6 Å². The van der Waals surface area contributed by atoms with Crippen LogP contribution in [0.4, 0.5) is 0 Å². The molecule has 0 fully saturated rings. The highest BCUT2D eigenvalue weighted by molar-refractivity contribution is 6.33. The Morgan fingerprint density at radius 2 is 2.00 bits per heavy atom. The van der Waals surface area contributed by atoms with Gasteiger partial charge in [0.25, 0.3) is 5.91 Å². The average Bonchev–Trinajstić information content (AvgIpc) is 2.28. The van der Waals surface area contributed by atoms with E-state index in [4.69, 9.17) is 16.7 Å². The minimum atomic E-state index is -1.45. The number of phenolic OH excluding ortho intramolecular Hbond substituents is 1. The molecule has 0 aliphatic rings. The van der Waals surface area contributed by atoms with Crippen molar-refractivity contribution in [2.75, 3.05) is 0 Å². The Morgan fingerprint density at radius 3 is 2.50 bits per heavy atom. The summed E-state index contributed by atoms with van der Waals surface area (Å²) >= 11 is 5.75. The van der Waals surface area contributed by atoms with Crippen LogP contribution in [0.25, 0.3) is 0 Å². The van der Waals surface area contributed by atoms with Crippen LogP contribution in [0.5, 0.6) is 5.75 Å². The van der Waals surface area contributed by atoms with Crippen LogP contribution in [0.1, 0.15) is 17.3 Å². The molecule has 0 heterocycles. The predicted molar refractivity (Wildman–Crippen MR) is 63.7 cm³/mol. The fourth-order valence-electron chi connectivity index (χ4n) is 1.29. The van der Waals surface area contributed by atoms with E-state index in [1.807, 2.05) is 0 Å². The van der Waals surface area contributed by atoms with Gasteiger partial charge in [-0.25, -0.2) is 4.79 Å². The van der Waals surface area contributed by atoms with Crippen LogP contribution in [0.3, 0.4) is 0 Å². The smallest absolute Gasteiger partial charge is 0.328 e. The van der Waals surface area contributed by atoms with E-state index < -0.39 is 24.0 Å². The summed E-state index contributed by atoms with van der Waals surface area (Å²) in [7, 11) is 0. The number of carbonyl (C=O) groups excluding carboxylic acids is 1. The van der Waals surface area contributed by atoms with Gasteiger partial charge >= 0.3 is 5.97 Å². The largest absolute Gasteiger partial charge is 0.508 e. The number of amides is 1. The highest BCUT2D eigenvalue weighted by Gasteiger charge is 2.26. The monoisotopic (exact) mass is 273 g/mol. The molecule has 2 atom stereocenters. The first-order valence-corrected chi connectivity index (χ1v) is 5.41. The van der Waals surface area contributed by atoms with Crippen molar-refractivity contribution in [2.45, 2.75) is 19.1 Å². The summed E-state index contributed by atoms with van der Waals surface area (Å²) in [6.07, 6.45) is -1.26. The van der Waals surface area contributed by atoms with Crippen LogP contribution in [0.2, 0.25) is 5.02 Å². The zero-order valence-electron chi connectivity index (χ0n) is 9.42. The molecule has 2 unspecified atom stereocenters. The van der Waals surface area contributed by atoms with E-state index in [1.54, 1.807) is 0 Å². The van der Waals surface area contributed by atoms with Gasteiger partial charge in [0, 0.05) is 0 Å². The normalized spacial score (nSPS) is 13.7. The number of carbonyl (C=O) groups is 2. The lowest BCUT2D eigenvalue weighted by atomic mass is 10.1. The summed E-state index contributed by atoms with van der Waals surface area (Å²) in [6.45, 7) is 1.24. The highest BCUT2D eigenvalue weighted by atomic mass is 35.5. The number of aliphatic hydroxyl groups is 1. The molecule has 0 aliphatic heterocycles. The van der Waals surface area contributed by atoms with E-state index >= 15 is 0 Å². The third-order valence-electron chi connectivity index (χ3n) is 2.23. The molecule has 0 aliphatic carbocycles. The number of phenols is 1. The number of halogens is 1. The van der Waals surface area contributed by atoms with Gasteiger partial charge in [0.05, 0.1) is 16.7 Å². The lowest BCUT2D eigenvalue weighted by Crippen LogP contribution is -2.47. The molecule has 0 radical (unpaired) electrons. The molecule has 0 saturated heterocycles. The number of carboxylic acid groups (broad SMARTS) is 1. The SMILES string of the molecule is CC(O)C(NC(=O)c1cc(O)ccc1Cl)C(=O)O. The van der Waals surface area contributed by atoms with Crippen molar-refractivity contribution in [2.24, 2.45) is 0 Å². The number of nitrogens with one attached hydrogen (secondary N) is 1. The number of carboxylic acids is 1. The van der Waals surface area contributed by atoms with Crippen molar-refractivity contribution in [1.82, 2.24) is 5.32 Å². The Hall–Kier alpha value is -1.79. The average molecular weight is 274 g/mol. The number of aliphatic hydroxyl groups excluding tert-OH is 1. The maximum absolute atomic E-state index is 11.8. The fourth-order valence-corrected chi connectivity index (χ4v) is 1.50. The van der Waals surface area contributed by atoms with E-state index in [9.17, 15) is 19.8 Å². The van der Waals surface area contributed by atoms with Crippen molar-refractivity contribution >= 4 is 23.5 Å². The third-order valence-corrected chi connectivity index (χ3v) is 2.56. The summed E-state index contributed by atoms with van der Waals surface area (Å²) in [4.78, 5) is 22.6. The number of aromatic hydroxyl groups is 1. The number of hydrogen-bond donors (Lipinski definition) is 4. The van der Waals surface area contributed by atoms with Gasteiger partial charge in [-0.3, -0.25) is 4.79 Å². The van der Waals surface area contributed by atoms with E-state index in [-0.39, 0.29) is 16.3 Å². The first-order chi connectivity index (χ1) is 8.32. The number of benzene rings is 1. The molecule has 1 aromatic carbocycles. The van der Waals surface area contributed by atoms with E-state index in [0.29, 0.717) is 0 Å². The lowest BCUT2D eigenvalue weighted by Gasteiger charge is -2.17. The van der Waals surface area contributed by atoms with Crippen LogP contribution < -0.4 is 5.32 Å². The Kier molecular flexibility index (Phi) is 4.52. The van der Waals surface area contributed by atoms with Gasteiger partial charge in [0.15, 0.2) is 6.04 Å². The Morgan fingerprint density at radius 1 is 1.39 bits per heavy atom. The van der Waals surface area contributed by atoms with Crippen LogP contribution in [-0.2, 0) is 4.79 Å². The Labute approximate surface area is 108 Å². The maximum atomic E-state index is 11.8. The second kappa shape index (κ2) is 5.70. The van der Waals surface area contributed by atoms with Crippen molar-refractivity contribution in [1.29, 1.82) is 0 Å². The van der Waals surface area contributed by atoms with E-state index in [1.165, 1.54) is 19.1 Å². The molecule has 1 aromatic rings. The molecule has 0 bridgehead atoms. The second-order valence-electron chi connectivity index (χ2n) is 3.69. The first kappa shape index (κ1) is 14.3. The molecule has 0 aromatic heterocycles. The molecule has 1 rings (SSSR count). The summed E-state index contributed by atoms with van der Waals surface area (Å²) in [5.74, 6) is -2.33. The third kappa shape index (κ3) is 3.35. The highest BCUT2D eigenvalue weighted by Crippen LogP contribution is 2.21. The topological polar surface area (TPSA) is 107 Å². The molecule has 0 saturated carbocycles. The number of aliphatic carboxylic acids is 1. The van der Waals surface area contributed by atoms with Gasteiger partial charge in [0.2, 0.25) is 0 Å². The van der Waals surface area contributed by atoms with Crippen molar-refractivity contribution in [3.05, 3.63) is 28.8 Å². The van der Waals surface area contributed by atoms with Crippen LogP contribution in [-0.4, -0.2) is 39.3 Å². The molecule has 18 heavy (non-hydrogen) atoms. The quantitative estimate of drug-likeness (QED) is 0.643. The van der Waals surface area contributed by atoms with Crippen LogP contribution in [0, 0.1) is 0 Å². The fraction of sp³-hybridized carbons (Fsp3) is 0.273. The lowest BCUT2D eigenvalue weighted by molar-refractivity contribution is -0.141. The van der Waals surface area contributed by atoms with Crippen molar-refractivity contribution in [3.63, 3.8) is 0 Å². The van der Waals surface area contributed by atoms with Gasteiger partial charge in [-0.1, -0.05) is 11.6 Å². The molecule has 0 spiro atoms. The molecule has 6 nitrogen and oxygen atoms in total. The van der Waals surface area contributed by atoms with Gasteiger partial charge in [-0.2, -0.15) is 0 Å². The van der Waals surface area contributed by atoms with E-state index in [0.717, 1.165) is 6.07 Å². The molecule has 7 heteroatoms. The second-order valence-corrected chi connectivity index (χ2v) is 4.10. The Balaban J connectivity index is 2.94. The van der Waals surface area contributed by atoms with Crippen LogP contribution >= 0.6 is 11.6 Å². The van der Waals surface area contributed by atoms with E-state index in [2.05, 4.69) is 5.32 Å². The Bertz CT molecular complexity index is 475. The van der Waals surface area contributed by atoms with Crippen LogP contribution in [0.15, 0.2) is 18.2 Å². The summed E-state index contributed by atoms with van der Waals surface area (Å²) in [5.41, 5.74) is -0.0661. The first-order valence-electron chi connectivity index (χ1n) is 5.03. The van der Waals surface area contributed by atoms with Crippen molar-refractivity contribution in [3.8, 4) is 5.75 Å².